The van der Waals surface area contributed by atoms with E-state index in [0.29, 0.717) is 29.6 Å². The molecular formula is C28H25ClN8O3. The third-order valence-corrected chi connectivity index (χ3v) is 7.20. The largest absolute Gasteiger partial charge is 0.383 e. The molecule has 0 fully saturated rings. The molecule has 0 unspecified atom stereocenters. The first-order valence-corrected chi connectivity index (χ1v) is 13.1. The van der Waals surface area contributed by atoms with E-state index in [4.69, 9.17) is 16.3 Å². The molecule has 4 heterocycles. The van der Waals surface area contributed by atoms with E-state index in [9.17, 15) is 9.59 Å². The van der Waals surface area contributed by atoms with Crippen LogP contribution >= 0.6 is 11.6 Å². The number of carbonyl (C=O) groups is 1. The number of aromatic nitrogens is 7. The number of rotatable bonds is 8. The van der Waals surface area contributed by atoms with Gasteiger partial charge in [-0.25, -0.2) is 4.98 Å². The molecule has 0 bridgehead atoms. The van der Waals surface area contributed by atoms with Crippen molar-refractivity contribution in [2.24, 2.45) is 0 Å². The van der Waals surface area contributed by atoms with Crippen molar-refractivity contribution in [2.45, 2.75) is 18.9 Å². The van der Waals surface area contributed by atoms with E-state index >= 15 is 0 Å². The summed E-state index contributed by atoms with van der Waals surface area (Å²) >= 11 is 6.31. The minimum atomic E-state index is -0.213. The first kappa shape index (κ1) is 25.7. The van der Waals surface area contributed by atoms with E-state index in [1.54, 1.807) is 46.8 Å². The Hall–Kier alpha value is -4.61. The van der Waals surface area contributed by atoms with Gasteiger partial charge in [-0.2, -0.15) is 4.68 Å². The van der Waals surface area contributed by atoms with Gasteiger partial charge in [-0.1, -0.05) is 23.7 Å². The maximum absolute atomic E-state index is 13.4. The molecule has 0 radical (unpaired) electrons. The summed E-state index contributed by atoms with van der Waals surface area (Å²) in [6.07, 6.45) is 4.71. The van der Waals surface area contributed by atoms with Crippen LogP contribution in [-0.2, 0) is 11.2 Å². The van der Waals surface area contributed by atoms with Gasteiger partial charge in [0.15, 0.2) is 0 Å². The Kier molecular flexibility index (Phi) is 6.97. The molecule has 0 saturated heterocycles. The van der Waals surface area contributed by atoms with E-state index < -0.39 is 0 Å². The van der Waals surface area contributed by atoms with Crippen molar-refractivity contribution in [2.75, 3.05) is 20.3 Å². The van der Waals surface area contributed by atoms with Gasteiger partial charge in [0.1, 0.15) is 12.2 Å². The second kappa shape index (κ2) is 10.9. The number of imidazole rings is 1. The minimum absolute atomic E-state index is 0.126. The summed E-state index contributed by atoms with van der Waals surface area (Å²) < 4.78 is 8.31. The van der Waals surface area contributed by atoms with Crippen molar-refractivity contribution in [3.05, 3.63) is 99.6 Å². The molecule has 0 aliphatic carbocycles. The maximum atomic E-state index is 13.4. The fourth-order valence-electron chi connectivity index (χ4n) is 5.04. The van der Waals surface area contributed by atoms with Crippen molar-refractivity contribution in [3.8, 4) is 28.1 Å². The standard InChI is InChI=1S/C28H25ClN8O3/c1-40-11-10-30-28(39)18-4-2-17(3-5-18)23-15-31-27(33-23)25-9-7-21-12-19(13-26(38)37(21)25)22-14-20(29)6-8-24(22)36-16-32-34-35-36/h2-6,8,12-16,25H,7,9-11H2,1H3,(H,30,39)(H,31,33)/t25-/m0/s1. The Morgan fingerprint density at radius 3 is 2.77 bits per heavy atom. The summed E-state index contributed by atoms with van der Waals surface area (Å²) in [5, 5.41) is 14.8. The van der Waals surface area contributed by atoms with Gasteiger partial charge in [0.2, 0.25) is 0 Å². The minimum Gasteiger partial charge on any atom is -0.383 e. The van der Waals surface area contributed by atoms with Crippen LogP contribution < -0.4 is 10.9 Å². The summed E-state index contributed by atoms with van der Waals surface area (Å²) in [5.74, 6) is 0.556. The van der Waals surface area contributed by atoms with Crippen LogP contribution in [0.3, 0.4) is 0 Å². The molecule has 1 aliphatic heterocycles. The highest BCUT2D eigenvalue weighted by Crippen LogP contribution is 2.34. The molecule has 2 aromatic carbocycles. The van der Waals surface area contributed by atoms with Crippen molar-refractivity contribution in [1.29, 1.82) is 0 Å². The van der Waals surface area contributed by atoms with Gasteiger partial charge in [-0.15, -0.1) is 5.10 Å². The van der Waals surface area contributed by atoms with E-state index in [1.165, 1.54) is 6.33 Å². The third kappa shape index (κ3) is 4.92. The van der Waals surface area contributed by atoms with E-state index in [0.717, 1.165) is 46.6 Å². The predicted octanol–water partition coefficient (Wildman–Crippen LogP) is 3.45. The second-order valence-corrected chi connectivity index (χ2v) is 9.86. The van der Waals surface area contributed by atoms with Crippen LogP contribution in [0, 0.1) is 0 Å². The molecule has 2 N–H and O–H groups in total. The third-order valence-electron chi connectivity index (χ3n) is 6.96. The van der Waals surface area contributed by atoms with Gasteiger partial charge in [0.25, 0.3) is 11.5 Å². The Morgan fingerprint density at radius 2 is 2.00 bits per heavy atom. The van der Waals surface area contributed by atoms with Crippen molar-refractivity contribution in [3.63, 3.8) is 0 Å². The topological polar surface area (TPSA) is 133 Å². The predicted molar refractivity (Wildman–Crippen MR) is 149 cm³/mol. The van der Waals surface area contributed by atoms with Gasteiger partial charge in [0, 0.05) is 41.6 Å². The zero-order valence-electron chi connectivity index (χ0n) is 21.5. The van der Waals surface area contributed by atoms with E-state index in [1.807, 2.05) is 30.3 Å². The molecule has 11 nitrogen and oxygen atoms in total. The quantitative estimate of drug-likeness (QED) is 0.280. The van der Waals surface area contributed by atoms with E-state index in [-0.39, 0.29) is 17.5 Å². The lowest BCUT2D eigenvalue weighted by molar-refractivity contribution is 0.0937. The summed E-state index contributed by atoms with van der Waals surface area (Å²) in [4.78, 5) is 33.7. The molecule has 1 amide bonds. The molecule has 12 heteroatoms. The Morgan fingerprint density at radius 1 is 1.15 bits per heavy atom. The number of hydrogen-bond acceptors (Lipinski definition) is 7. The van der Waals surface area contributed by atoms with Gasteiger partial charge < -0.3 is 19.6 Å². The normalized spacial score (nSPS) is 14.3. The summed E-state index contributed by atoms with van der Waals surface area (Å²) in [6, 6.07) is 16.1. The number of aryl methyl sites for hydroxylation is 1. The van der Waals surface area contributed by atoms with Crippen molar-refractivity contribution in [1.82, 2.24) is 40.1 Å². The number of amides is 1. The highest BCUT2D eigenvalue weighted by atomic mass is 35.5. The highest BCUT2D eigenvalue weighted by Gasteiger charge is 2.28. The molecule has 1 atom stereocenters. The number of aromatic amines is 1. The lowest BCUT2D eigenvalue weighted by atomic mass is 10.0. The molecule has 40 heavy (non-hydrogen) atoms. The second-order valence-electron chi connectivity index (χ2n) is 9.42. The molecule has 5 aromatic rings. The zero-order valence-corrected chi connectivity index (χ0v) is 22.3. The van der Waals surface area contributed by atoms with Gasteiger partial charge in [0.05, 0.1) is 30.2 Å². The monoisotopic (exact) mass is 556 g/mol. The van der Waals surface area contributed by atoms with Gasteiger partial charge in [-0.3, -0.25) is 9.59 Å². The Bertz CT molecular complexity index is 1730. The smallest absolute Gasteiger partial charge is 0.252 e. The Balaban J connectivity index is 1.26. The number of ether oxygens (including phenoxy) is 1. The average molecular weight is 557 g/mol. The molecule has 0 saturated carbocycles. The number of hydrogen-bond donors (Lipinski definition) is 2. The van der Waals surface area contributed by atoms with Crippen LogP contribution in [0.2, 0.25) is 5.02 Å². The summed E-state index contributed by atoms with van der Waals surface area (Å²) in [5.41, 5.74) is 5.29. The number of H-pyrrole nitrogens is 1. The van der Waals surface area contributed by atoms with Gasteiger partial charge in [-0.05, 0) is 70.8 Å². The number of pyridine rings is 1. The molecular weight excluding hydrogens is 532 g/mol. The van der Waals surface area contributed by atoms with Crippen LogP contribution in [-0.4, -0.2) is 60.9 Å². The zero-order chi connectivity index (χ0) is 27.6. The number of tetrazole rings is 1. The van der Waals surface area contributed by atoms with Crippen LogP contribution in [0.25, 0.3) is 28.1 Å². The molecule has 202 valence electrons. The molecule has 6 rings (SSSR count). The first-order chi connectivity index (χ1) is 19.5. The number of nitrogens with one attached hydrogen (secondary N) is 2. The van der Waals surface area contributed by atoms with Crippen molar-refractivity contribution >= 4 is 17.5 Å². The van der Waals surface area contributed by atoms with E-state index in [2.05, 4.69) is 30.8 Å². The van der Waals surface area contributed by atoms with Crippen LogP contribution in [0.1, 0.15) is 34.3 Å². The number of fused-ring (bicyclic) bond motifs is 1. The average Bonchev–Trinajstić information content (AvgIpc) is 3.74. The molecule has 3 aromatic heterocycles. The highest BCUT2D eigenvalue weighted by molar-refractivity contribution is 6.31. The van der Waals surface area contributed by atoms with Crippen LogP contribution in [0.15, 0.2) is 71.9 Å². The summed E-state index contributed by atoms with van der Waals surface area (Å²) in [6.45, 7) is 0.905. The maximum Gasteiger partial charge on any atom is 0.252 e. The lowest BCUT2D eigenvalue weighted by Gasteiger charge is -2.15. The first-order valence-electron chi connectivity index (χ1n) is 12.7. The number of carbonyl (C=O) groups excluding carboxylic acids is 1. The molecule has 0 spiro atoms. The number of halogens is 1. The number of benzene rings is 2. The van der Waals surface area contributed by atoms with Crippen molar-refractivity contribution < 1.29 is 9.53 Å². The van der Waals surface area contributed by atoms with Crippen LogP contribution in [0.4, 0.5) is 0 Å². The summed E-state index contributed by atoms with van der Waals surface area (Å²) in [7, 11) is 1.59. The van der Waals surface area contributed by atoms with Crippen LogP contribution in [0.5, 0.6) is 0 Å². The number of nitrogens with zero attached hydrogens (tertiary/aromatic N) is 6. The fourth-order valence-corrected chi connectivity index (χ4v) is 5.21. The van der Waals surface area contributed by atoms with Gasteiger partial charge >= 0.3 is 0 Å². The number of methoxy groups -OCH3 is 1. The Labute approximate surface area is 233 Å². The lowest BCUT2D eigenvalue weighted by Crippen LogP contribution is -2.26. The molecule has 1 aliphatic rings. The SMILES string of the molecule is COCCNC(=O)c1ccc(-c2cnc([C@@H]3CCc4cc(-c5cc(Cl)ccc5-n5cnnn5)cc(=O)n43)[nH]2)cc1. The fraction of sp³-hybridized carbons (Fsp3) is 0.214.